The van der Waals surface area contributed by atoms with Gasteiger partial charge in [0.1, 0.15) is 5.82 Å². The first-order chi connectivity index (χ1) is 13.3. The Hall–Kier alpha value is -2.74. The number of nitrogens with two attached hydrogens (primary N) is 1. The van der Waals surface area contributed by atoms with E-state index in [1.165, 1.54) is 23.8 Å². The first-order valence-electron chi connectivity index (χ1n) is 8.88. The first kappa shape index (κ1) is 20.0. The number of esters is 2. The van der Waals surface area contributed by atoms with Crippen molar-refractivity contribution < 1.29 is 23.9 Å². The van der Waals surface area contributed by atoms with Gasteiger partial charge in [-0.15, -0.1) is 0 Å². The molecular formula is C20H22N2O5S. The molecular weight excluding hydrogens is 380 g/mol. The van der Waals surface area contributed by atoms with Crippen molar-refractivity contribution >= 4 is 29.6 Å². The Morgan fingerprint density at radius 3 is 2.39 bits per heavy atom. The monoisotopic (exact) mass is 402 g/mol. The third kappa shape index (κ3) is 3.17. The molecule has 1 fully saturated rings. The Morgan fingerprint density at radius 2 is 1.82 bits per heavy atom. The minimum Gasteiger partial charge on any atom is -0.466 e. The van der Waals surface area contributed by atoms with Gasteiger partial charge in [0.05, 0.1) is 41.1 Å². The molecule has 0 radical (unpaired) electrons. The van der Waals surface area contributed by atoms with Gasteiger partial charge < -0.3 is 15.2 Å². The van der Waals surface area contributed by atoms with Gasteiger partial charge in [-0.05, 0) is 26.3 Å². The summed E-state index contributed by atoms with van der Waals surface area (Å²) in [6.07, 6.45) is 0. The zero-order valence-electron chi connectivity index (χ0n) is 16.1. The maximum absolute atomic E-state index is 12.8. The molecule has 28 heavy (non-hydrogen) atoms. The number of benzene rings is 1. The highest BCUT2D eigenvalue weighted by Crippen LogP contribution is 2.49. The number of ether oxygens (including phenoxy) is 2. The molecule has 1 aromatic rings. The van der Waals surface area contributed by atoms with Crippen molar-refractivity contribution in [2.45, 2.75) is 31.9 Å². The van der Waals surface area contributed by atoms with E-state index in [9.17, 15) is 14.4 Å². The summed E-state index contributed by atoms with van der Waals surface area (Å²) in [6, 6.07) is 7.43. The van der Waals surface area contributed by atoms with Crippen LogP contribution in [0.3, 0.4) is 0 Å². The molecule has 0 saturated carbocycles. The number of carbonyl (C=O) groups excluding carboxylic acids is 3. The fourth-order valence-corrected chi connectivity index (χ4v) is 4.50. The van der Waals surface area contributed by atoms with Gasteiger partial charge in [-0.25, -0.2) is 9.59 Å². The summed E-state index contributed by atoms with van der Waals surface area (Å²) < 4.78 is 10.2. The van der Waals surface area contributed by atoms with Crippen molar-refractivity contribution in [1.82, 2.24) is 4.90 Å². The third-order valence-corrected chi connectivity index (χ3v) is 5.88. The number of fused-ring (bicyclic) bond motifs is 1. The van der Waals surface area contributed by atoms with Crippen molar-refractivity contribution in [3.8, 4) is 0 Å². The van der Waals surface area contributed by atoms with E-state index < -0.39 is 23.1 Å². The van der Waals surface area contributed by atoms with Crippen LogP contribution in [0.15, 0.2) is 46.3 Å². The van der Waals surface area contributed by atoms with E-state index in [1.807, 2.05) is 31.2 Å². The Kier molecular flexibility index (Phi) is 5.51. The Labute approximate surface area is 167 Å². The second-order valence-corrected chi connectivity index (χ2v) is 7.84. The molecule has 2 N–H and O–H groups in total. The summed E-state index contributed by atoms with van der Waals surface area (Å²) in [5.74, 6) is -2.36. The largest absolute Gasteiger partial charge is 0.466 e. The molecule has 8 heteroatoms. The molecule has 2 atom stereocenters. The average molecular weight is 402 g/mol. The number of hydrogen-bond acceptors (Lipinski definition) is 7. The quantitative estimate of drug-likeness (QED) is 0.771. The molecule has 2 heterocycles. The maximum Gasteiger partial charge on any atom is 0.338 e. The molecule has 148 valence electrons. The van der Waals surface area contributed by atoms with Crippen LogP contribution in [0.2, 0.25) is 0 Å². The fraction of sp³-hybridized carbons (Fsp3) is 0.350. The highest BCUT2D eigenvalue weighted by atomic mass is 32.2. The van der Waals surface area contributed by atoms with E-state index in [-0.39, 0.29) is 29.5 Å². The normalized spacial score (nSPS) is 21.7. The van der Waals surface area contributed by atoms with Crippen molar-refractivity contribution in [2.24, 2.45) is 5.73 Å². The molecule has 0 aliphatic carbocycles. The first-order valence-corrected chi connectivity index (χ1v) is 9.76. The van der Waals surface area contributed by atoms with Gasteiger partial charge in [0.25, 0.3) is 0 Å². The van der Waals surface area contributed by atoms with Crippen LogP contribution in [0.5, 0.6) is 0 Å². The summed E-state index contributed by atoms with van der Waals surface area (Å²) >= 11 is 1.23. The molecule has 7 nitrogen and oxygen atoms in total. The van der Waals surface area contributed by atoms with Crippen LogP contribution < -0.4 is 5.73 Å². The third-order valence-electron chi connectivity index (χ3n) is 4.70. The number of carbonyl (C=O) groups is 3. The topological polar surface area (TPSA) is 98.9 Å². The highest BCUT2D eigenvalue weighted by Gasteiger charge is 2.48. The number of rotatable bonds is 4. The fourth-order valence-electron chi connectivity index (χ4n) is 3.34. The number of thioether (sulfide) groups is 1. The van der Waals surface area contributed by atoms with E-state index in [2.05, 4.69) is 0 Å². The number of nitrogens with zero attached hydrogens (tertiary/aromatic N) is 1. The molecule has 1 aromatic carbocycles. The standard InChI is InChI=1S/C20H22N2O5S/c1-5-27-20(25)14-13(12-8-6-10(2)7-9-12)15(19(24)26-4)18-22(16(14)21)17(23)11(3)28-18/h6-9,11,13H,5,21H2,1-4H3/t11-,13+/m0/s1. The summed E-state index contributed by atoms with van der Waals surface area (Å²) in [5, 5.41) is -0.0334. The molecule has 2 aliphatic rings. The molecule has 1 saturated heterocycles. The van der Waals surface area contributed by atoms with E-state index in [0.717, 1.165) is 5.56 Å². The second-order valence-electron chi connectivity index (χ2n) is 6.51. The Balaban J connectivity index is 2.30. The molecule has 1 amide bonds. The SMILES string of the molecule is CCOC(=O)C1=C(N)N2C(=O)[C@H](C)SC2=C(C(=O)OC)[C@@H]1c1ccc(C)cc1. The van der Waals surface area contributed by atoms with E-state index in [0.29, 0.717) is 10.6 Å². The van der Waals surface area contributed by atoms with E-state index >= 15 is 0 Å². The molecule has 2 aliphatic heterocycles. The molecule has 0 spiro atoms. The molecule has 0 aromatic heterocycles. The number of methoxy groups -OCH3 is 1. The Morgan fingerprint density at radius 1 is 1.18 bits per heavy atom. The lowest BCUT2D eigenvalue weighted by atomic mass is 9.82. The van der Waals surface area contributed by atoms with Gasteiger partial charge in [0.15, 0.2) is 0 Å². The predicted octanol–water partition coefficient (Wildman–Crippen LogP) is 2.17. The number of amides is 1. The minimum atomic E-state index is -0.788. The maximum atomic E-state index is 12.8. The smallest absolute Gasteiger partial charge is 0.338 e. The van der Waals surface area contributed by atoms with Gasteiger partial charge in [0.2, 0.25) is 5.91 Å². The minimum absolute atomic E-state index is 0.00599. The van der Waals surface area contributed by atoms with Gasteiger partial charge in [-0.2, -0.15) is 0 Å². The van der Waals surface area contributed by atoms with Gasteiger partial charge in [-0.3, -0.25) is 9.69 Å². The van der Waals surface area contributed by atoms with Gasteiger partial charge >= 0.3 is 11.9 Å². The molecule has 3 rings (SSSR count). The van der Waals surface area contributed by atoms with Crippen LogP contribution >= 0.6 is 11.8 Å². The van der Waals surface area contributed by atoms with Crippen LogP contribution in [0.25, 0.3) is 0 Å². The lowest BCUT2D eigenvalue weighted by molar-refractivity contribution is -0.139. The summed E-state index contributed by atoms with van der Waals surface area (Å²) in [6.45, 7) is 5.49. The van der Waals surface area contributed by atoms with Crippen LogP contribution in [-0.4, -0.2) is 41.7 Å². The van der Waals surface area contributed by atoms with Gasteiger partial charge in [0, 0.05) is 0 Å². The highest BCUT2D eigenvalue weighted by molar-refractivity contribution is 8.04. The van der Waals surface area contributed by atoms with Crippen LogP contribution in [0, 0.1) is 6.92 Å². The van der Waals surface area contributed by atoms with Crippen LogP contribution in [-0.2, 0) is 23.9 Å². The van der Waals surface area contributed by atoms with Crippen molar-refractivity contribution in [3.05, 3.63) is 57.4 Å². The second kappa shape index (κ2) is 7.71. The van der Waals surface area contributed by atoms with Gasteiger partial charge in [-0.1, -0.05) is 41.6 Å². The number of hydrogen-bond donors (Lipinski definition) is 1. The van der Waals surface area contributed by atoms with Crippen LogP contribution in [0.4, 0.5) is 0 Å². The number of aryl methyl sites for hydroxylation is 1. The lowest BCUT2D eigenvalue weighted by Gasteiger charge is -2.33. The molecule has 0 unspecified atom stereocenters. The average Bonchev–Trinajstić information content (AvgIpc) is 2.96. The Bertz CT molecular complexity index is 904. The summed E-state index contributed by atoms with van der Waals surface area (Å²) in [4.78, 5) is 39.5. The van der Waals surface area contributed by atoms with E-state index in [4.69, 9.17) is 15.2 Å². The zero-order valence-corrected chi connectivity index (χ0v) is 17.0. The van der Waals surface area contributed by atoms with Crippen molar-refractivity contribution in [3.63, 3.8) is 0 Å². The van der Waals surface area contributed by atoms with Crippen molar-refractivity contribution in [2.75, 3.05) is 13.7 Å². The molecule has 0 bridgehead atoms. The summed E-state index contributed by atoms with van der Waals surface area (Å²) in [7, 11) is 1.27. The van der Waals surface area contributed by atoms with E-state index in [1.54, 1.807) is 13.8 Å². The predicted molar refractivity (Wildman–Crippen MR) is 105 cm³/mol. The van der Waals surface area contributed by atoms with Crippen LogP contribution in [0.1, 0.15) is 30.9 Å². The van der Waals surface area contributed by atoms with Crippen molar-refractivity contribution in [1.29, 1.82) is 0 Å². The zero-order chi connectivity index (χ0) is 20.6. The lowest BCUT2D eigenvalue weighted by Crippen LogP contribution is -2.40. The summed E-state index contributed by atoms with van der Waals surface area (Å²) in [5.41, 5.74) is 8.30.